The molecule has 0 spiro atoms. The summed E-state index contributed by atoms with van der Waals surface area (Å²) in [5, 5.41) is 8.00. The van der Waals surface area contributed by atoms with E-state index in [1.165, 1.54) is 11.1 Å². The first-order valence-electron chi connectivity index (χ1n) is 7.28. The van der Waals surface area contributed by atoms with Gasteiger partial charge in [-0.05, 0) is 25.6 Å². The van der Waals surface area contributed by atoms with E-state index in [4.69, 9.17) is 4.74 Å². The van der Waals surface area contributed by atoms with Crippen molar-refractivity contribution in [2.75, 3.05) is 6.54 Å². The van der Waals surface area contributed by atoms with Crippen LogP contribution in [0.4, 0.5) is 0 Å². The Hall–Kier alpha value is -1.33. The molecule has 0 fully saturated rings. The Morgan fingerprint density at radius 1 is 1.43 bits per heavy atom. The van der Waals surface area contributed by atoms with Crippen molar-refractivity contribution >= 4 is 15.9 Å². The largest absolute Gasteiger partial charge is 0.485 e. The van der Waals surface area contributed by atoms with Crippen LogP contribution in [0.5, 0.6) is 5.75 Å². The molecule has 1 N–H and O–H groups in total. The van der Waals surface area contributed by atoms with E-state index in [0.717, 1.165) is 28.9 Å². The van der Waals surface area contributed by atoms with Gasteiger partial charge in [-0.1, -0.05) is 28.9 Å². The van der Waals surface area contributed by atoms with Crippen LogP contribution in [0.25, 0.3) is 0 Å². The SMILES string of the molecule is CCNC1CC(c2cn(C)nc2C)Oc2cc(Br)ccc21. The summed E-state index contributed by atoms with van der Waals surface area (Å²) in [7, 11) is 1.95. The number of hydrogen-bond donors (Lipinski definition) is 1. The third kappa shape index (κ3) is 2.85. The number of aryl methyl sites for hydroxylation is 2. The molecular formula is C16H20BrN3O. The second-order valence-corrected chi connectivity index (χ2v) is 6.39. The van der Waals surface area contributed by atoms with Crippen LogP contribution in [0.1, 0.15) is 42.3 Å². The number of halogens is 1. The van der Waals surface area contributed by atoms with E-state index >= 15 is 0 Å². The molecule has 1 aliphatic heterocycles. The molecule has 0 saturated carbocycles. The van der Waals surface area contributed by atoms with Crippen molar-refractivity contribution in [3.8, 4) is 5.75 Å². The zero-order valence-corrected chi connectivity index (χ0v) is 14.1. The maximum atomic E-state index is 6.25. The third-order valence-electron chi connectivity index (χ3n) is 3.92. The predicted molar refractivity (Wildman–Crippen MR) is 86.5 cm³/mol. The fourth-order valence-electron chi connectivity index (χ4n) is 3.00. The molecule has 1 aromatic carbocycles. The van der Waals surface area contributed by atoms with Crippen molar-refractivity contribution in [1.82, 2.24) is 15.1 Å². The highest BCUT2D eigenvalue weighted by molar-refractivity contribution is 9.10. The minimum atomic E-state index is 0.0459. The third-order valence-corrected chi connectivity index (χ3v) is 4.41. The lowest BCUT2D eigenvalue weighted by molar-refractivity contribution is 0.151. The van der Waals surface area contributed by atoms with Crippen LogP contribution in [0.15, 0.2) is 28.9 Å². The van der Waals surface area contributed by atoms with Gasteiger partial charge in [-0.15, -0.1) is 0 Å². The van der Waals surface area contributed by atoms with E-state index in [0.29, 0.717) is 6.04 Å². The highest BCUT2D eigenvalue weighted by Crippen LogP contribution is 2.42. The summed E-state index contributed by atoms with van der Waals surface area (Å²) < 4.78 is 9.14. The Bertz CT molecular complexity index is 653. The maximum absolute atomic E-state index is 6.25. The molecular weight excluding hydrogens is 330 g/mol. The molecule has 0 bridgehead atoms. The fraction of sp³-hybridized carbons (Fsp3) is 0.438. The Morgan fingerprint density at radius 3 is 2.90 bits per heavy atom. The number of ether oxygens (including phenoxy) is 1. The number of aromatic nitrogens is 2. The highest BCUT2D eigenvalue weighted by atomic mass is 79.9. The number of hydrogen-bond acceptors (Lipinski definition) is 3. The summed E-state index contributed by atoms with van der Waals surface area (Å²) in [5.74, 6) is 0.954. The minimum absolute atomic E-state index is 0.0459. The van der Waals surface area contributed by atoms with E-state index in [1.54, 1.807) is 0 Å². The molecule has 2 unspecified atom stereocenters. The van der Waals surface area contributed by atoms with Crippen molar-refractivity contribution < 1.29 is 4.74 Å². The monoisotopic (exact) mass is 349 g/mol. The van der Waals surface area contributed by atoms with Gasteiger partial charge in [-0.2, -0.15) is 5.10 Å². The molecule has 0 amide bonds. The zero-order valence-electron chi connectivity index (χ0n) is 12.6. The lowest BCUT2D eigenvalue weighted by Gasteiger charge is -2.32. The lowest BCUT2D eigenvalue weighted by atomic mass is 9.93. The predicted octanol–water partition coefficient (Wildman–Crippen LogP) is 3.67. The van der Waals surface area contributed by atoms with Gasteiger partial charge >= 0.3 is 0 Å². The summed E-state index contributed by atoms with van der Waals surface area (Å²) in [6.45, 7) is 5.12. The Morgan fingerprint density at radius 2 is 2.24 bits per heavy atom. The molecule has 2 aromatic rings. The van der Waals surface area contributed by atoms with Gasteiger partial charge in [0.2, 0.25) is 0 Å². The van der Waals surface area contributed by atoms with E-state index in [2.05, 4.69) is 57.7 Å². The second-order valence-electron chi connectivity index (χ2n) is 5.48. The zero-order chi connectivity index (χ0) is 15.0. The van der Waals surface area contributed by atoms with Gasteiger partial charge in [0.05, 0.1) is 5.69 Å². The topological polar surface area (TPSA) is 39.1 Å². The molecule has 0 radical (unpaired) electrons. The van der Waals surface area contributed by atoms with Crippen LogP contribution in [-0.2, 0) is 7.05 Å². The normalized spacial score (nSPS) is 21.0. The first kappa shape index (κ1) is 14.6. The molecule has 3 rings (SSSR count). The molecule has 5 heteroatoms. The van der Waals surface area contributed by atoms with Gasteiger partial charge in [0.1, 0.15) is 11.9 Å². The molecule has 21 heavy (non-hydrogen) atoms. The van der Waals surface area contributed by atoms with Crippen molar-refractivity contribution in [3.63, 3.8) is 0 Å². The van der Waals surface area contributed by atoms with Crippen LogP contribution in [0.2, 0.25) is 0 Å². The summed E-state index contributed by atoms with van der Waals surface area (Å²) >= 11 is 3.53. The first-order valence-corrected chi connectivity index (χ1v) is 8.07. The van der Waals surface area contributed by atoms with Crippen molar-refractivity contribution in [2.24, 2.45) is 7.05 Å². The number of fused-ring (bicyclic) bond motifs is 1. The van der Waals surface area contributed by atoms with Crippen LogP contribution in [0, 0.1) is 6.92 Å². The van der Waals surface area contributed by atoms with Gasteiger partial charge in [-0.3, -0.25) is 4.68 Å². The lowest BCUT2D eigenvalue weighted by Crippen LogP contribution is -2.29. The average molecular weight is 350 g/mol. The van der Waals surface area contributed by atoms with Gasteiger partial charge < -0.3 is 10.1 Å². The average Bonchev–Trinajstić information content (AvgIpc) is 2.77. The molecule has 1 aromatic heterocycles. The van der Waals surface area contributed by atoms with Crippen LogP contribution >= 0.6 is 15.9 Å². The van der Waals surface area contributed by atoms with Gasteiger partial charge in [0.25, 0.3) is 0 Å². The van der Waals surface area contributed by atoms with Gasteiger partial charge in [0, 0.05) is 41.3 Å². The molecule has 0 aliphatic carbocycles. The quantitative estimate of drug-likeness (QED) is 0.918. The number of rotatable bonds is 3. The molecule has 4 nitrogen and oxygen atoms in total. The first-order chi connectivity index (χ1) is 10.1. The summed E-state index contributed by atoms with van der Waals surface area (Å²) in [6.07, 6.45) is 3.03. The van der Waals surface area contributed by atoms with Crippen LogP contribution in [0.3, 0.4) is 0 Å². The second kappa shape index (κ2) is 5.81. The molecule has 2 heterocycles. The molecule has 2 atom stereocenters. The van der Waals surface area contributed by atoms with E-state index in [9.17, 15) is 0 Å². The highest BCUT2D eigenvalue weighted by Gasteiger charge is 2.30. The number of benzene rings is 1. The molecule has 112 valence electrons. The maximum Gasteiger partial charge on any atom is 0.129 e. The smallest absolute Gasteiger partial charge is 0.129 e. The summed E-state index contributed by atoms with van der Waals surface area (Å²) in [5.41, 5.74) is 3.44. The fourth-order valence-corrected chi connectivity index (χ4v) is 3.34. The van der Waals surface area contributed by atoms with Gasteiger partial charge in [0.15, 0.2) is 0 Å². The minimum Gasteiger partial charge on any atom is -0.485 e. The van der Waals surface area contributed by atoms with Crippen molar-refractivity contribution in [3.05, 3.63) is 45.7 Å². The summed E-state index contributed by atoms with van der Waals surface area (Å²) in [4.78, 5) is 0. The Kier molecular flexibility index (Phi) is 4.04. The van der Waals surface area contributed by atoms with Crippen molar-refractivity contribution in [2.45, 2.75) is 32.4 Å². The molecule has 1 aliphatic rings. The summed E-state index contributed by atoms with van der Waals surface area (Å²) in [6, 6.07) is 6.58. The van der Waals surface area contributed by atoms with E-state index < -0.39 is 0 Å². The van der Waals surface area contributed by atoms with Crippen molar-refractivity contribution in [1.29, 1.82) is 0 Å². The van der Waals surface area contributed by atoms with E-state index in [-0.39, 0.29) is 6.10 Å². The van der Waals surface area contributed by atoms with Crippen LogP contribution < -0.4 is 10.1 Å². The standard InChI is InChI=1S/C16H20BrN3O/c1-4-18-14-8-16(13-9-20(3)19-10(13)2)21-15-7-11(17)5-6-12(14)15/h5-7,9,14,16,18H,4,8H2,1-3H3. The number of nitrogens with one attached hydrogen (secondary N) is 1. The van der Waals surface area contributed by atoms with Crippen LogP contribution in [-0.4, -0.2) is 16.3 Å². The van der Waals surface area contributed by atoms with E-state index in [1.807, 2.05) is 18.7 Å². The Balaban J connectivity index is 1.98. The number of nitrogens with zero attached hydrogens (tertiary/aromatic N) is 2. The van der Waals surface area contributed by atoms with Gasteiger partial charge in [-0.25, -0.2) is 0 Å². The molecule has 0 saturated heterocycles. The Labute approximate surface area is 133 Å².